The predicted octanol–water partition coefficient (Wildman–Crippen LogP) is 2.43. The van der Waals surface area contributed by atoms with E-state index in [0.717, 1.165) is 19.5 Å². The highest BCUT2D eigenvalue weighted by Crippen LogP contribution is 2.28. The van der Waals surface area contributed by atoms with E-state index in [1.54, 1.807) is 6.92 Å². The van der Waals surface area contributed by atoms with E-state index < -0.39 is 6.36 Å². The molecule has 2 unspecified atom stereocenters. The molecule has 0 radical (unpaired) electrons. The Hall–Kier alpha value is -1.80. The van der Waals surface area contributed by atoms with Gasteiger partial charge in [0.15, 0.2) is 0 Å². The summed E-state index contributed by atoms with van der Waals surface area (Å²) < 4.78 is 40.3. The molecular formula is C17H24F3N3O2. The zero-order valence-electron chi connectivity index (χ0n) is 14.4. The third-order valence-electron chi connectivity index (χ3n) is 4.49. The van der Waals surface area contributed by atoms with Gasteiger partial charge in [-0.05, 0) is 49.5 Å². The minimum Gasteiger partial charge on any atom is -0.406 e. The molecule has 1 fully saturated rings. The van der Waals surface area contributed by atoms with Crippen LogP contribution >= 0.6 is 0 Å². The van der Waals surface area contributed by atoms with Crippen molar-refractivity contribution in [1.29, 1.82) is 0 Å². The summed E-state index contributed by atoms with van der Waals surface area (Å²) in [7, 11) is 0. The van der Waals surface area contributed by atoms with Crippen molar-refractivity contribution in [3.05, 3.63) is 29.8 Å². The Morgan fingerprint density at radius 2 is 2.04 bits per heavy atom. The molecule has 8 heteroatoms. The van der Waals surface area contributed by atoms with Crippen molar-refractivity contribution in [2.24, 2.45) is 11.1 Å². The number of hydrogen-bond donors (Lipinski definition) is 2. The van der Waals surface area contributed by atoms with Crippen molar-refractivity contribution in [3.63, 3.8) is 0 Å². The Morgan fingerprint density at radius 3 is 2.56 bits per heavy atom. The van der Waals surface area contributed by atoms with Crippen LogP contribution < -0.4 is 15.8 Å². The van der Waals surface area contributed by atoms with Crippen LogP contribution in [0.3, 0.4) is 0 Å². The first-order chi connectivity index (χ1) is 11.6. The number of carbonyl (C=O) groups excluding carboxylic acids is 1. The van der Waals surface area contributed by atoms with Gasteiger partial charge in [-0.3, -0.25) is 9.69 Å². The average Bonchev–Trinajstić information content (AvgIpc) is 2.88. The fourth-order valence-corrected chi connectivity index (χ4v) is 2.96. The number of rotatable bonds is 6. The largest absolute Gasteiger partial charge is 0.573 e. The van der Waals surface area contributed by atoms with Gasteiger partial charge in [-0.1, -0.05) is 19.1 Å². The van der Waals surface area contributed by atoms with Crippen molar-refractivity contribution in [1.82, 2.24) is 10.2 Å². The molecule has 1 aromatic rings. The van der Waals surface area contributed by atoms with E-state index in [4.69, 9.17) is 5.73 Å². The lowest BCUT2D eigenvalue weighted by atomic mass is 9.90. The first-order valence-corrected chi connectivity index (χ1v) is 8.18. The van der Waals surface area contributed by atoms with Crippen LogP contribution in [0.1, 0.15) is 31.9 Å². The average molecular weight is 359 g/mol. The number of nitrogens with one attached hydrogen (secondary N) is 1. The van der Waals surface area contributed by atoms with Crippen LogP contribution in [0.2, 0.25) is 0 Å². The summed E-state index contributed by atoms with van der Waals surface area (Å²) >= 11 is 0. The number of halogens is 3. The van der Waals surface area contributed by atoms with Gasteiger partial charge in [0, 0.05) is 6.54 Å². The maximum Gasteiger partial charge on any atom is 0.573 e. The molecule has 0 saturated carbocycles. The summed E-state index contributed by atoms with van der Waals surface area (Å²) in [4.78, 5) is 14.2. The van der Waals surface area contributed by atoms with Crippen LogP contribution in [0.4, 0.5) is 13.2 Å². The summed E-state index contributed by atoms with van der Waals surface area (Å²) in [6.45, 7) is 6.39. The molecule has 0 bridgehead atoms. The van der Waals surface area contributed by atoms with Crippen LogP contribution in [0.5, 0.6) is 5.75 Å². The lowest BCUT2D eigenvalue weighted by molar-refractivity contribution is -0.274. The number of benzene rings is 1. The van der Waals surface area contributed by atoms with Gasteiger partial charge in [-0.25, -0.2) is 0 Å². The van der Waals surface area contributed by atoms with Crippen molar-refractivity contribution in [3.8, 4) is 5.75 Å². The highest BCUT2D eigenvalue weighted by molar-refractivity contribution is 5.78. The van der Waals surface area contributed by atoms with Crippen molar-refractivity contribution < 1.29 is 22.7 Å². The monoisotopic (exact) mass is 359 g/mol. The number of nitrogens with two attached hydrogens (primary N) is 1. The lowest BCUT2D eigenvalue weighted by Crippen LogP contribution is -2.39. The summed E-state index contributed by atoms with van der Waals surface area (Å²) in [6.07, 6.45) is -3.75. The normalized spacial score (nSPS) is 22.6. The molecule has 1 amide bonds. The Labute approximate surface area is 145 Å². The second-order valence-corrected chi connectivity index (χ2v) is 6.88. The highest BCUT2D eigenvalue weighted by Gasteiger charge is 2.33. The minimum absolute atomic E-state index is 0.0558. The Morgan fingerprint density at radius 1 is 1.40 bits per heavy atom. The lowest BCUT2D eigenvalue weighted by Gasteiger charge is -2.23. The zero-order valence-corrected chi connectivity index (χ0v) is 14.4. The number of amides is 1. The number of carbonyl (C=O) groups is 1. The number of ether oxygens (including phenoxy) is 1. The van der Waals surface area contributed by atoms with Gasteiger partial charge in [-0.2, -0.15) is 0 Å². The van der Waals surface area contributed by atoms with Gasteiger partial charge >= 0.3 is 6.36 Å². The maximum absolute atomic E-state index is 12.2. The summed E-state index contributed by atoms with van der Waals surface area (Å²) in [5.74, 6) is -0.405. The molecule has 2 rings (SSSR count). The SMILES string of the molecule is CC(NC(=O)CN1CCC(C)(CN)C1)c1ccc(OC(F)(F)F)cc1. The van der Waals surface area contributed by atoms with Crippen LogP contribution in [0.15, 0.2) is 24.3 Å². The van der Waals surface area contributed by atoms with Crippen molar-refractivity contribution in [2.45, 2.75) is 32.7 Å². The molecule has 3 N–H and O–H groups in total. The van der Waals surface area contributed by atoms with Crippen molar-refractivity contribution >= 4 is 5.91 Å². The molecule has 2 atom stereocenters. The highest BCUT2D eigenvalue weighted by atomic mass is 19.4. The fourth-order valence-electron chi connectivity index (χ4n) is 2.96. The topological polar surface area (TPSA) is 67.6 Å². The molecule has 25 heavy (non-hydrogen) atoms. The van der Waals surface area contributed by atoms with E-state index in [1.807, 2.05) is 0 Å². The first-order valence-electron chi connectivity index (χ1n) is 8.18. The number of nitrogens with zero attached hydrogens (tertiary/aromatic N) is 1. The molecule has 0 aliphatic carbocycles. The Kier molecular flexibility index (Phi) is 5.95. The first kappa shape index (κ1) is 19.5. The zero-order chi connectivity index (χ0) is 18.7. The van der Waals surface area contributed by atoms with E-state index in [0.29, 0.717) is 12.1 Å². The summed E-state index contributed by atoms with van der Waals surface area (Å²) in [5.41, 5.74) is 6.52. The summed E-state index contributed by atoms with van der Waals surface area (Å²) in [6, 6.07) is 5.17. The summed E-state index contributed by atoms with van der Waals surface area (Å²) in [5, 5.41) is 2.86. The second-order valence-electron chi connectivity index (χ2n) is 6.88. The van der Waals surface area contributed by atoms with E-state index in [1.165, 1.54) is 24.3 Å². The smallest absolute Gasteiger partial charge is 0.406 e. The predicted molar refractivity (Wildman–Crippen MR) is 87.9 cm³/mol. The third-order valence-corrected chi connectivity index (χ3v) is 4.49. The Bertz CT molecular complexity index is 592. The van der Waals surface area contributed by atoms with Gasteiger partial charge in [-0.15, -0.1) is 13.2 Å². The molecule has 1 aromatic carbocycles. The molecule has 1 aliphatic heterocycles. The molecule has 5 nitrogen and oxygen atoms in total. The van der Waals surface area contributed by atoms with Gasteiger partial charge in [0.1, 0.15) is 5.75 Å². The number of hydrogen-bond acceptors (Lipinski definition) is 4. The van der Waals surface area contributed by atoms with E-state index in [2.05, 4.69) is 21.9 Å². The fraction of sp³-hybridized carbons (Fsp3) is 0.588. The van der Waals surface area contributed by atoms with Gasteiger partial charge in [0.25, 0.3) is 0 Å². The van der Waals surface area contributed by atoms with Gasteiger partial charge in [0.05, 0.1) is 12.6 Å². The van der Waals surface area contributed by atoms with E-state index in [9.17, 15) is 18.0 Å². The van der Waals surface area contributed by atoms with Gasteiger partial charge < -0.3 is 15.8 Å². The molecule has 0 aromatic heterocycles. The molecular weight excluding hydrogens is 335 g/mol. The maximum atomic E-state index is 12.2. The second kappa shape index (κ2) is 7.61. The standard InChI is InChI=1S/C17H24F3N3O2/c1-12(13-3-5-14(6-4-13)25-17(18,19)20)22-15(24)9-23-8-7-16(2,10-21)11-23/h3-6,12H,7-11,21H2,1-2H3,(H,22,24). The molecule has 1 heterocycles. The van der Waals surface area contributed by atoms with Gasteiger partial charge in [0.2, 0.25) is 5.91 Å². The Balaban J connectivity index is 1.85. The number of alkyl halides is 3. The quantitative estimate of drug-likeness (QED) is 0.819. The minimum atomic E-state index is -4.71. The molecule has 0 spiro atoms. The van der Waals surface area contributed by atoms with Crippen LogP contribution in [-0.2, 0) is 4.79 Å². The van der Waals surface area contributed by atoms with Crippen LogP contribution in [0, 0.1) is 5.41 Å². The molecule has 1 aliphatic rings. The third kappa shape index (κ3) is 5.89. The van der Waals surface area contributed by atoms with Crippen LogP contribution in [-0.4, -0.2) is 43.3 Å². The van der Waals surface area contributed by atoms with E-state index in [-0.39, 0.29) is 29.7 Å². The van der Waals surface area contributed by atoms with Crippen LogP contribution in [0.25, 0.3) is 0 Å². The van der Waals surface area contributed by atoms with Crippen molar-refractivity contribution in [2.75, 3.05) is 26.2 Å². The van der Waals surface area contributed by atoms with E-state index >= 15 is 0 Å². The number of likely N-dealkylation sites (tertiary alicyclic amines) is 1. The molecule has 1 saturated heterocycles. The molecule has 140 valence electrons.